The lowest BCUT2D eigenvalue weighted by atomic mass is 9.83. The van der Waals surface area contributed by atoms with Gasteiger partial charge in [0.2, 0.25) is 0 Å². The molecule has 0 radical (unpaired) electrons. The van der Waals surface area contributed by atoms with Crippen molar-refractivity contribution in [2.24, 2.45) is 0 Å². The molecule has 98 valence electrons. The highest BCUT2D eigenvalue weighted by molar-refractivity contribution is 5.57. The van der Waals surface area contributed by atoms with Gasteiger partial charge < -0.3 is 10.6 Å². The van der Waals surface area contributed by atoms with Gasteiger partial charge in [-0.05, 0) is 43.4 Å². The van der Waals surface area contributed by atoms with Crippen LogP contribution >= 0.6 is 0 Å². The van der Waals surface area contributed by atoms with E-state index in [1.54, 1.807) is 0 Å². The van der Waals surface area contributed by atoms with E-state index in [0.717, 1.165) is 13.1 Å². The van der Waals surface area contributed by atoms with Crippen molar-refractivity contribution in [2.75, 3.05) is 11.9 Å². The normalized spacial score (nSPS) is 21.4. The maximum Gasteiger partial charge on any atom is 0.0376 e. The largest absolute Gasteiger partial charge is 0.384 e. The van der Waals surface area contributed by atoms with Gasteiger partial charge >= 0.3 is 0 Å². The molecule has 18 heavy (non-hydrogen) atoms. The molecular formula is C16H24N2. The molecular weight excluding hydrogens is 220 g/mol. The van der Waals surface area contributed by atoms with E-state index in [1.165, 1.54) is 55.3 Å². The average molecular weight is 244 g/mol. The summed E-state index contributed by atoms with van der Waals surface area (Å²) < 4.78 is 0. The highest BCUT2D eigenvalue weighted by Gasteiger charge is 2.25. The van der Waals surface area contributed by atoms with Gasteiger partial charge in [0.05, 0.1) is 0 Å². The van der Waals surface area contributed by atoms with Gasteiger partial charge in [0, 0.05) is 24.3 Å². The monoisotopic (exact) mass is 244 g/mol. The zero-order valence-corrected chi connectivity index (χ0v) is 11.4. The van der Waals surface area contributed by atoms with Crippen LogP contribution in [0.1, 0.15) is 50.2 Å². The van der Waals surface area contributed by atoms with E-state index >= 15 is 0 Å². The minimum absolute atomic E-state index is 0.366. The maximum absolute atomic E-state index is 3.78. The van der Waals surface area contributed by atoms with Crippen LogP contribution in [0, 0.1) is 0 Å². The molecule has 1 aliphatic heterocycles. The predicted molar refractivity (Wildman–Crippen MR) is 77.0 cm³/mol. The Morgan fingerprint density at radius 3 is 2.89 bits per heavy atom. The fraction of sp³-hybridized carbons (Fsp3) is 0.625. The van der Waals surface area contributed by atoms with Crippen LogP contribution in [0.2, 0.25) is 0 Å². The Labute approximate surface area is 110 Å². The van der Waals surface area contributed by atoms with Gasteiger partial charge in [0.25, 0.3) is 0 Å². The molecule has 3 rings (SSSR count). The molecule has 1 fully saturated rings. The van der Waals surface area contributed by atoms with E-state index in [1.807, 2.05) is 0 Å². The van der Waals surface area contributed by atoms with Crippen LogP contribution in [-0.2, 0) is 13.0 Å². The highest BCUT2D eigenvalue weighted by Crippen LogP contribution is 2.28. The number of anilines is 1. The number of rotatable bonds is 3. The molecule has 0 aromatic heterocycles. The second-order valence-corrected chi connectivity index (χ2v) is 6.14. The summed E-state index contributed by atoms with van der Waals surface area (Å²) in [5.41, 5.74) is 4.60. The fourth-order valence-electron chi connectivity index (χ4n) is 3.27. The summed E-state index contributed by atoms with van der Waals surface area (Å²) in [6.45, 7) is 4.49. The van der Waals surface area contributed by atoms with Crippen LogP contribution in [0.5, 0.6) is 0 Å². The summed E-state index contributed by atoms with van der Waals surface area (Å²) in [7, 11) is 0. The van der Waals surface area contributed by atoms with Gasteiger partial charge in [-0.3, -0.25) is 0 Å². The van der Waals surface area contributed by atoms with E-state index in [-0.39, 0.29) is 0 Å². The van der Waals surface area contributed by atoms with Crippen LogP contribution < -0.4 is 10.6 Å². The Balaban J connectivity index is 1.62. The second kappa shape index (κ2) is 4.93. The maximum atomic E-state index is 3.78. The Morgan fingerprint density at radius 1 is 1.22 bits per heavy atom. The number of nitrogens with one attached hydrogen (secondary N) is 2. The molecule has 1 saturated carbocycles. The summed E-state index contributed by atoms with van der Waals surface area (Å²) >= 11 is 0. The Morgan fingerprint density at radius 2 is 2.06 bits per heavy atom. The van der Waals surface area contributed by atoms with E-state index in [4.69, 9.17) is 0 Å². The average Bonchev–Trinajstić information content (AvgIpc) is 2.85. The van der Waals surface area contributed by atoms with Crippen molar-refractivity contribution in [1.29, 1.82) is 0 Å². The zero-order valence-electron chi connectivity index (χ0n) is 11.4. The first-order valence-electron chi connectivity index (χ1n) is 7.36. The molecule has 0 spiro atoms. The van der Waals surface area contributed by atoms with Gasteiger partial charge in [-0.25, -0.2) is 0 Å². The van der Waals surface area contributed by atoms with E-state index in [9.17, 15) is 0 Å². The highest BCUT2D eigenvalue weighted by atomic mass is 15.0. The Hall–Kier alpha value is -1.02. The summed E-state index contributed by atoms with van der Waals surface area (Å²) in [5.74, 6) is 0. The smallest absolute Gasteiger partial charge is 0.0376 e. The third kappa shape index (κ3) is 2.54. The van der Waals surface area contributed by atoms with Gasteiger partial charge in [-0.2, -0.15) is 0 Å². The fourth-order valence-corrected chi connectivity index (χ4v) is 3.27. The Kier molecular flexibility index (Phi) is 3.29. The van der Waals surface area contributed by atoms with Gasteiger partial charge in [-0.15, -0.1) is 0 Å². The quantitative estimate of drug-likeness (QED) is 0.851. The standard InChI is InChI=1S/C16H24N2/c1-16(8-3-2-4-9-16)18-12-13-5-6-14-7-10-17-15(14)11-13/h5-6,11,17-18H,2-4,7-10,12H2,1H3. The molecule has 1 heterocycles. The number of fused-ring (bicyclic) bond motifs is 1. The van der Waals surface area contributed by atoms with Crippen molar-refractivity contribution in [1.82, 2.24) is 5.32 Å². The van der Waals surface area contributed by atoms with Crippen LogP contribution in [-0.4, -0.2) is 12.1 Å². The summed E-state index contributed by atoms with van der Waals surface area (Å²) in [6, 6.07) is 6.89. The molecule has 1 aromatic carbocycles. The second-order valence-electron chi connectivity index (χ2n) is 6.14. The number of benzene rings is 1. The number of hydrogen-bond acceptors (Lipinski definition) is 2. The van der Waals surface area contributed by atoms with Gasteiger partial charge in [0.15, 0.2) is 0 Å². The van der Waals surface area contributed by atoms with Crippen molar-refractivity contribution in [2.45, 2.75) is 57.5 Å². The van der Waals surface area contributed by atoms with Crippen molar-refractivity contribution >= 4 is 5.69 Å². The molecule has 1 aliphatic carbocycles. The molecule has 0 bridgehead atoms. The summed E-state index contributed by atoms with van der Waals surface area (Å²) in [4.78, 5) is 0. The summed E-state index contributed by atoms with van der Waals surface area (Å²) in [6.07, 6.45) is 8.03. The van der Waals surface area contributed by atoms with Crippen molar-refractivity contribution < 1.29 is 0 Å². The molecule has 0 saturated heterocycles. The molecule has 0 unspecified atom stereocenters. The first-order chi connectivity index (χ1) is 8.75. The van der Waals surface area contributed by atoms with Crippen molar-refractivity contribution in [3.63, 3.8) is 0 Å². The molecule has 2 aliphatic rings. The van der Waals surface area contributed by atoms with Crippen molar-refractivity contribution in [3.8, 4) is 0 Å². The van der Waals surface area contributed by atoms with Crippen LogP contribution in [0.15, 0.2) is 18.2 Å². The number of hydrogen-bond donors (Lipinski definition) is 2. The third-order valence-electron chi connectivity index (χ3n) is 4.56. The Bertz CT molecular complexity index is 419. The van der Waals surface area contributed by atoms with Crippen molar-refractivity contribution in [3.05, 3.63) is 29.3 Å². The van der Waals surface area contributed by atoms with Crippen LogP contribution in [0.3, 0.4) is 0 Å². The third-order valence-corrected chi connectivity index (χ3v) is 4.56. The lowest BCUT2D eigenvalue weighted by Gasteiger charge is -2.35. The zero-order chi connectivity index (χ0) is 12.4. The van der Waals surface area contributed by atoms with Crippen LogP contribution in [0.25, 0.3) is 0 Å². The first-order valence-corrected chi connectivity index (χ1v) is 7.36. The van der Waals surface area contributed by atoms with E-state index in [0.29, 0.717) is 5.54 Å². The summed E-state index contributed by atoms with van der Waals surface area (Å²) in [5, 5.41) is 7.24. The molecule has 0 amide bonds. The minimum atomic E-state index is 0.366. The topological polar surface area (TPSA) is 24.1 Å². The first kappa shape index (κ1) is 12.0. The van der Waals surface area contributed by atoms with Gasteiger partial charge in [0.1, 0.15) is 0 Å². The van der Waals surface area contributed by atoms with Crippen LogP contribution in [0.4, 0.5) is 5.69 Å². The molecule has 1 aromatic rings. The molecule has 2 nitrogen and oxygen atoms in total. The minimum Gasteiger partial charge on any atom is -0.384 e. The lowest BCUT2D eigenvalue weighted by Crippen LogP contribution is -2.43. The van der Waals surface area contributed by atoms with E-state index in [2.05, 4.69) is 35.8 Å². The molecule has 2 N–H and O–H groups in total. The lowest BCUT2D eigenvalue weighted by molar-refractivity contribution is 0.252. The predicted octanol–water partition coefficient (Wildman–Crippen LogP) is 3.47. The molecule has 0 atom stereocenters. The van der Waals surface area contributed by atoms with Gasteiger partial charge in [-0.1, -0.05) is 31.4 Å². The van der Waals surface area contributed by atoms with E-state index < -0.39 is 0 Å². The molecule has 2 heteroatoms. The SMILES string of the molecule is CC1(NCc2ccc3c(c2)NCC3)CCCCC1.